The van der Waals surface area contributed by atoms with Crippen molar-refractivity contribution >= 4 is 5.91 Å². The molecular formula is C18H21NO3. The number of amides is 1. The highest BCUT2D eigenvalue weighted by atomic mass is 16.5. The summed E-state index contributed by atoms with van der Waals surface area (Å²) in [5.41, 5.74) is 2.88. The van der Waals surface area contributed by atoms with Crippen LogP contribution in [0.2, 0.25) is 0 Å². The van der Waals surface area contributed by atoms with E-state index in [9.17, 15) is 9.90 Å². The quantitative estimate of drug-likeness (QED) is 0.861. The molecule has 2 aromatic rings. The molecule has 0 aromatic heterocycles. The van der Waals surface area contributed by atoms with E-state index in [1.807, 2.05) is 31.2 Å². The Bertz CT molecular complexity index is 622. The molecule has 22 heavy (non-hydrogen) atoms. The summed E-state index contributed by atoms with van der Waals surface area (Å²) in [6.45, 7) is 2.53. The van der Waals surface area contributed by atoms with Gasteiger partial charge in [-0.2, -0.15) is 0 Å². The van der Waals surface area contributed by atoms with Gasteiger partial charge in [-0.05, 0) is 36.6 Å². The van der Waals surface area contributed by atoms with Crippen LogP contribution in [0.3, 0.4) is 0 Å². The lowest BCUT2D eigenvalue weighted by molar-refractivity contribution is -0.129. The van der Waals surface area contributed by atoms with Gasteiger partial charge in [0.1, 0.15) is 5.75 Å². The average Bonchev–Trinajstić information content (AvgIpc) is 2.56. The molecule has 1 atom stereocenters. The van der Waals surface area contributed by atoms with E-state index in [1.165, 1.54) is 5.56 Å². The van der Waals surface area contributed by atoms with Crippen molar-refractivity contribution in [1.82, 2.24) is 5.32 Å². The van der Waals surface area contributed by atoms with Crippen LogP contribution in [0.15, 0.2) is 48.5 Å². The molecule has 2 N–H and O–H groups in total. The van der Waals surface area contributed by atoms with Crippen LogP contribution in [0.25, 0.3) is 0 Å². The van der Waals surface area contributed by atoms with Gasteiger partial charge in [0.15, 0.2) is 6.10 Å². The van der Waals surface area contributed by atoms with E-state index in [2.05, 4.69) is 5.32 Å². The predicted molar refractivity (Wildman–Crippen MR) is 85.8 cm³/mol. The van der Waals surface area contributed by atoms with Crippen LogP contribution < -0.4 is 10.1 Å². The lowest BCUT2D eigenvalue weighted by Crippen LogP contribution is -2.30. The first-order chi connectivity index (χ1) is 10.6. The van der Waals surface area contributed by atoms with E-state index in [0.717, 1.165) is 12.0 Å². The molecule has 0 heterocycles. The molecule has 0 aliphatic carbocycles. The van der Waals surface area contributed by atoms with E-state index >= 15 is 0 Å². The molecule has 0 bridgehead atoms. The highest BCUT2D eigenvalue weighted by Crippen LogP contribution is 2.19. The highest BCUT2D eigenvalue weighted by molar-refractivity contribution is 5.82. The summed E-state index contributed by atoms with van der Waals surface area (Å²) in [7, 11) is 1.55. The number of carbonyl (C=O) groups is 1. The molecule has 0 aliphatic rings. The van der Waals surface area contributed by atoms with Crippen LogP contribution in [0, 0.1) is 6.92 Å². The zero-order valence-corrected chi connectivity index (χ0v) is 12.9. The predicted octanol–water partition coefficient (Wildman–Crippen LogP) is 2.40. The number of hydrogen-bond donors (Lipinski definition) is 2. The summed E-state index contributed by atoms with van der Waals surface area (Å²) in [6, 6.07) is 15.0. The number of nitrogens with one attached hydrogen (secondary N) is 1. The van der Waals surface area contributed by atoms with E-state index in [0.29, 0.717) is 17.9 Å². The van der Waals surface area contributed by atoms with Crippen LogP contribution in [0.4, 0.5) is 0 Å². The maximum Gasteiger partial charge on any atom is 0.253 e. The Morgan fingerprint density at radius 3 is 2.64 bits per heavy atom. The van der Waals surface area contributed by atoms with Crippen LogP contribution in [0.5, 0.6) is 5.75 Å². The van der Waals surface area contributed by atoms with Gasteiger partial charge in [-0.15, -0.1) is 0 Å². The molecule has 0 saturated heterocycles. The lowest BCUT2D eigenvalue weighted by Gasteiger charge is -2.12. The van der Waals surface area contributed by atoms with Crippen molar-refractivity contribution in [2.75, 3.05) is 13.7 Å². The Labute approximate surface area is 130 Å². The number of aliphatic hydroxyl groups excluding tert-OH is 1. The van der Waals surface area contributed by atoms with Gasteiger partial charge in [-0.25, -0.2) is 0 Å². The van der Waals surface area contributed by atoms with Crippen molar-refractivity contribution in [1.29, 1.82) is 0 Å². The third-order valence-corrected chi connectivity index (χ3v) is 3.49. The minimum atomic E-state index is -1.19. The summed E-state index contributed by atoms with van der Waals surface area (Å²) in [5, 5.41) is 12.8. The molecule has 0 aliphatic heterocycles. The summed E-state index contributed by atoms with van der Waals surface area (Å²) >= 11 is 0. The van der Waals surface area contributed by atoms with Crippen LogP contribution in [-0.2, 0) is 11.2 Å². The van der Waals surface area contributed by atoms with Gasteiger partial charge in [-0.1, -0.05) is 42.0 Å². The van der Waals surface area contributed by atoms with Crippen molar-refractivity contribution in [3.63, 3.8) is 0 Å². The van der Waals surface area contributed by atoms with Crippen molar-refractivity contribution in [3.8, 4) is 5.75 Å². The fourth-order valence-electron chi connectivity index (χ4n) is 2.14. The van der Waals surface area contributed by atoms with Crippen LogP contribution >= 0.6 is 0 Å². The minimum Gasteiger partial charge on any atom is -0.497 e. The number of ether oxygens (including phenoxy) is 1. The van der Waals surface area contributed by atoms with Crippen molar-refractivity contribution in [2.45, 2.75) is 19.4 Å². The average molecular weight is 299 g/mol. The SMILES string of the molecule is COc1cccc(C(O)C(=O)NCCc2ccc(C)cc2)c1. The standard InChI is InChI=1S/C18H21NO3/c1-13-6-8-14(9-7-13)10-11-19-18(21)17(20)15-4-3-5-16(12-15)22-2/h3-9,12,17,20H,10-11H2,1-2H3,(H,19,21). The molecule has 0 fully saturated rings. The number of carbonyl (C=O) groups excluding carboxylic acids is 1. The van der Waals surface area contributed by atoms with Crippen LogP contribution in [-0.4, -0.2) is 24.7 Å². The highest BCUT2D eigenvalue weighted by Gasteiger charge is 2.17. The Hall–Kier alpha value is -2.33. The van der Waals surface area contributed by atoms with Gasteiger partial charge in [0.2, 0.25) is 0 Å². The first kappa shape index (κ1) is 16.0. The second-order valence-electron chi connectivity index (χ2n) is 5.21. The van der Waals surface area contributed by atoms with Gasteiger partial charge in [0.25, 0.3) is 5.91 Å². The fraction of sp³-hybridized carbons (Fsp3) is 0.278. The van der Waals surface area contributed by atoms with Crippen molar-refractivity contribution in [3.05, 3.63) is 65.2 Å². The maximum atomic E-state index is 12.0. The first-order valence-corrected chi connectivity index (χ1v) is 7.25. The number of benzene rings is 2. The largest absolute Gasteiger partial charge is 0.497 e. The molecule has 116 valence electrons. The molecule has 2 aromatic carbocycles. The monoisotopic (exact) mass is 299 g/mol. The molecule has 1 unspecified atom stereocenters. The molecular weight excluding hydrogens is 278 g/mol. The topological polar surface area (TPSA) is 58.6 Å². The lowest BCUT2D eigenvalue weighted by atomic mass is 10.1. The third kappa shape index (κ3) is 4.33. The molecule has 2 rings (SSSR count). The summed E-state index contributed by atoms with van der Waals surface area (Å²) in [5.74, 6) is 0.212. The van der Waals surface area contributed by atoms with Gasteiger partial charge in [-0.3, -0.25) is 4.79 Å². The van der Waals surface area contributed by atoms with E-state index in [4.69, 9.17) is 4.74 Å². The van der Waals surface area contributed by atoms with Crippen molar-refractivity contribution < 1.29 is 14.6 Å². The third-order valence-electron chi connectivity index (χ3n) is 3.49. The molecule has 0 spiro atoms. The van der Waals surface area contributed by atoms with E-state index < -0.39 is 12.0 Å². The normalized spacial score (nSPS) is 11.8. The Morgan fingerprint density at radius 2 is 1.95 bits per heavy atom. The Morgan fingerprint density at radius 1 is 1.23 bits per heavy atom. The second kappa shape index (κ2) is 7.61. The van der Waals surface area contributed by atoms with Crippen molar-refractivity contribution in [2.24, 2.45) is 0 Å². The number of aliphatic hydroxyl groups is 1. The van der Waals surface area contributed by atoms with Crippen LogP contribution in [0.1, 0.15) is 22.8 Å². The molecule has 1 amide bonds. The number of aryl methyl sites for hydroxylation is 1. The smallest absolute Gasteiger partial charge is 0.253 e. The summed E-state index contributed by atoms with van der Waals surface area (Å²) in [6.07, 6.45) is -0.454. The molecule has 4 nitrogen and oxygen atoms in total. The number of hydrogen-bond acceptors (Lipinski definition) is 3. The maximum absolute atomic E-state index is 12.0. The number of rotatable bonds is 6. The zero-order chi connectivity index (χ0) is 15.9. The van der Waals surface area contributed by atoms with Gasteiger partial charge < -0.3 is 15.2 Å². The van der Waals surface area contributed by atoms with Gasteiger partial charge in [0.05, 0.1) is 7.11 Å². The summed E-state index contributed by atoms with van der Waals surface area (Å²) in [4.78, 5) is 12.0. The minimum absolute atomic E-state index is 0.402. The molecule has 0 saturated carbocycles. The summed E-state index contributed by atoms with van der Waals surface area (Å²) < 4.78 is 5.09. The molecule has 0 radical (unpaired) electrons. The van der Waals surface area contributed by atoms with Gasteiger partial charge in [0, 0.05) is 6.54 Å². The Balaban J connectivity index is 1.87. The Kier molecular flexibility index (Phi) is 5.55. The fourth-order valence-corrected chi connectivity index (χ4v) is 2.14. The number of methoxy groups -OCH3 is 1. The first-order valence-electron chi connectivity index (χ1n) is 7.25. The van der Waals surface area contributed by atoms with E-state index in [1.54, 1.807) is 31.4 Å². The molecule has 4 heteroatoms. The zero-order valence-electron chi connectivity index (χ0n) is 12.9. The van der Waals surface area contributed by atoms with Gasteiger partial charge >= 0.3 is 0 Å². The van der Waals surface area contributed by atoms with E-state index in [-0.39, 0.29) is 0 Å². The second-order valence-corrected chi connectivity index (χ2v) is 5.21.